The van der Waals surface area contributed by atoms with Gasteiger partial charge < -0.3 is 10.1 Å². The average molecular weight is 293 g/mol. The standard InChI is InChI=1S/C14H19N3O4/c1-14(2,3)21-13(20)15-9-11(18)16-17-12(19)10-7-5-4-6-8-10/h4-8H,9H2,1-3H3,(H,15,20)(H,16,18)(H,17,19). The number of ether oxygens (including phenoxy) is 1. The summed E-state index contributed by atoms with van der Waals surface area (Å²) in [6, 6.07) is 8.42. The van der Waals surface area contributed by atoms with E-state index >= 15 is 0 Å². The Hall–Kier alpha value is -2.57. The highest BCUT2D eigenvalue weighted by Gasteiger charge is 2.16. The summed E-state index contributed by atoms with van der Waals surface area (Å²) < 4.78 is 4.97. The van der Waals surface area contributed by atoms with Crippen LogP contribution < -0.4 is 16.2 Å². The zero-order chi connectivity index (χ0) is 15.9. The zero-order valence-electron chi connectivity index (χ0n) is 12.2. The number of nitrogens with one attached hydrogen (secondary N) is 3. The van der Waals surface area contributed by atoms with E-state index in [1.807, 2.05) is 0 Å². The lowest BCUT2D eigenvalue weighted by molar-refractivity contribution is -0.121. The number of rotatable bonds is 3. The molecule has 0 fully saturated rings. The number of hydrogen-bond acceptors (Lipinski definition) is 4. The van der Waals surface area contributed by atoms with Crippen molar-refractivity contribution < 1.29 is 19.1 Å². The van der Waals surface area contributed by atoms with Crippen molar-refractivity contribution in [1.29, 1.82) is 0 Å². The summed E-state index contributed by atoms with van der Waals surface area (Å²) in [6.45, 7) is 4.84. The van der Waals surface area contributed by atoms with Crippen molar-refractivity contribution in [2.24, 2.45) is 0 Å². The van der Waals surface area contributed by atoms with Gasteiger partial charge in [-0.3, -0.25) is 20.4 Å². The van der Waals surface area contributed by atoms with Crippen molar-refractivity contribution in [2.45, 2.75) is 26.4 Å². The molecular formula is C14H19N3O4. The van der Waals surface area contributed by atoms with Gasteiger partial charge in [-0.05, 0) is 32.9 Å². The average Bonchev–Trinajstić information content (AvgIpc) is 2.41. The fraction of sp³-hybridized carbons (Fsp3) is 0.357. The maximum absolute atomic E-state index is 11.6. The van der Waals surface area contributed by atoms with E-state index in [1.54, 1.807) is 51.1 Å². The van der Waals surface area contributed by atoms with Crippen molar-refractivity contribution in [1.82, 2.24) is 16.2 Å². The monoisotopic (exact) mass is 293 g/mol. The molecule has 7 nitrogen and oxygen atoms in total. The summed E-state index contributed by atoms with van der Waals surface area (Å²) in [6.07, 6.45) is -0.702. The van der Waals surface area contributed by atoms with Gasteiger partial charge in [-0.25, -0.2) is 4.79 Å². The molecule has 0 saturated heterocycles. The van der Waals surface area contributed by atoms with Crippen LogP contribution in [0, 0.1) is 0 Å². The number of alkyl carbamates (subject to hydrolysis) is 1. The molecule has 1 rings (SSSR count). The number of benzene rings is 1. The zero-order valence-corrected chi connectivity index (χ0v) is 12.2. The Bertz CT molecular complexity index is 509. The predicted molar refractivity (Wildman–Crippen MR) is 76.3 cm³/mol. The molecule has 3 N–H and O–H groups in total. The van der Waals surface area contributed by atoms with Gasteiger partial charge in [0.2, 0.25) is 0 Å². The van der Waals surface area contributed by atoms with Crippen LogP contribution in [0.4, 0.5) is 4.79 Å². The van der Waals surface area contributed by atoms with Crippen LogP contribution in [0.1, 0.15) is 31.1 Å². The molecule has 0 radical (unpaired) electrons. The van der Waals surface area contributed by atoms with E-state index in [4.69, 9.17) is 4.74 Å². The molecule has 0 aromatic heterocycles. The highest BCUT2D eigenvalue weighted by molar-refractivity contribution is 5.95. The number of carbonyl (C=O) groups is 3. The molecule has 21 heavy (non-hydrogen) atoms. The molecule has 1 aromatic carbocycles. The molecule has 0 aliphatic carbocycles. The minimum Gasteiger partial charge on any atom is -0.444 e. The second-order valence-corrected chi connectivity index (χ2v) is 5.22. The van der Waals surface area contributed by atoms with Crippen LogP contribution >= 0.6 is 0 Å². The molecule has 0 bridgehead atoms. The summed E-state index contributed by atoms with van der Waals surface area (Å²) in [7, 11) is 0. The molecule has 0 aliphatic heterocycles. The largest absolute Gasteiger partial charge is 0.444 e. The highest BCUT2D eigenvalue weighted by Crippen LogP contribution is 2.05. The first-order valence-corrected chi connectivity index (χ1v) is 6.39. The summed E-state index contributed by atoms with van der Waals surface area (Å²) in [5.74, 6) is -1.01. The number of amides is 3. The smallest absolute Gasteiger partial charge is 0.408 e. The first-order valence-electron chi connectivity index (χ1n) is 6.39. The quantitative estimate of drug-likeness (QED) is 0.723. The molecular weight excluding hydrogens is 274 g/mol. The molecule has 7 heteroatoms. The van der Waals surface area contributed by atoms with Gasteiger partial charge in [0, 0.05) is 5.56 Å². The molecule has 0 saturated carbocycles. The van der Waals surface area contributed by atoms with Crippen LogP contribution in [0.3, 0.4) is 0 Å². The Morgan fingerprint density at radius 2 is 1.67 bits per heavy atom. The van der Waals surface area contributed by atoms with Gasteiger partial charge in [-0.1, -0.05) is 18.2 Å². The Morgan fingerprint density at radius 3 is 2.24 bits per heavy atom. The van der Waals surface area contributed by atoms with Crippen LogP contribution in [-0.4, -0.2) is 30.1 Å². The van der Waals surface area contributed by atoms with Gasteiger partial charge in [0.05, 0.1) is 0 Å². The van der Waals surface area contributed by atoms with Crippen LogP contribution in [0.5, 0.6) is 0 Å². The van der Waals surface area contributed by atoms with Crippen LogP contribution in [0.25, 0.3) is 0 Å². The van der Waals surface area contributed by atoms with Crippen LogP contribution in [0.15, 0.2) is 30.3 Å². The number of hydrogen-bond donors (Lipinski definition) is 3. The van der Waals surface area contributed by atoms with Gasteiger partial charge in [-0.2, -0.15) is 0 Å². The molecule has 114 valence electrons. The maximum Gasteiger partial charge on any atom is 0.408 e. The van der Waals surface area contributed by atoms with Crippen molar-refractivity contribution in [2.75, 3.05) is 6.54 Å². The highest BCUT2D eigenvalue weighted by atomic mass is 16.6. The number of carbonyl (C=O) groups excluding carboxylic acids is 3. The summed E-state index contributed by atoms with van der Waals surface area (Å²) in [5, 5.41) is 2.28. The van der Waals surface area contributed by atoms with Crippen molar-refractivity contribution >= 4 is 17.9 Å². The van der Waals surface area contributed by atoms with Crippen LogP contribution in [-0.2, 0) is 9.53 Å². The molecule has 0 spiro atoms. The van der Waals surface area contributed by atoms with Crippen molar-refractivity contribution in [3.05, 3.63) is 35.9 Å². The molecule has 0 heterocycles. The third-order valence-corrected chi connectivity index (χ3v) is 2.14. The van der Waals surface area contributed by atoms with E-state index in [9.17, 15) is 14.4 Å². The Balaban J connectivity index is 2.29. The summed E-state index contributed by atoms with van der Waals surface area (Å²) in [4.78, 5) is 34.4. The van der Waals surface area contributed by atoms with E-state index in [0.29, 0.717) is 5.56 Å². The molecule has 1 aromatic rings. The van der Waals surface area contributed by atoms with E-state index < -0.39 is 23.5 Å². The van der Waals surface area contributed by atoms with Crippen molar-refractivity contribution in [3.63, 3.8) is 0 Å². The first-order chi connectivity index (χ1) is 9.78. The normalized spacial score (nSPS) is 10.4. The summed E-state index contributed by atoms with van der Waals surface area (Å²) in [5.41, 5.74) is 4.21. The third kappa shape index (κ3) is 6.95. The van der Waals surface area contributed by atoms with Gasteiger partial charge in [0.25, 0.3) is 11.8 Å². The fourth-order valence-electron chi connectivity index (χ4n) is 1.30. The minimum absolute atomic E-state index is 0.302. The van der Waals surface area contributed by atoms with E-state index in [-0.39, 0.29) is 6.54 Å². The lowest BCUT2D eigenvalue weighted by Gasteiger charge is -2.19. The SMILES string of the molecule is CC(C)(C)OC(=O)NCC(=O)NNC(=O)c1ccccc1. The first kappa shape index (κ1) is 16.5. The lowest BCUT2D eigenvalue weighted by Crippen LogP contribution is -2.47. The fourth-order valence-corrected chi connectivity index (χ4v) is 1.30. The second-order valence-electron chi connectivity index (χ2n) is 5.22. The maximum atomic E-state index is 11.6. The van der Waals surface area contributed by atoms with E-state index in [0.717, 1.165) is 0 Å². The van der Waals surface area contributed by atoms with Gasteiger partial charge in [0.15, 0.2) is 0 Å². The predicted octanol–water partition coefficient (Wildman–Crippen LogP) is 0.972. The van der Waals surface area contributed by atoms with Crippen molar-refractivity contribution in [3.8, 4) is 0 Å². The number of hydrazine groups is 1. The van der Waals surface area contributed by atoms with E-state index in [2.05, 4.69) is 16.2 Å². The molecule has 3 amide bonds. The van der Waals surface area contributed by atoms with Gasteiger partial charge >= 0.3 is 6.09 Å². The minimum atomic E-state index is -0.702. The molecule has 0 unspecified atom stereocenters. The Kier molecular flexibility index (Phi) is 5.71. The second kappa shape index (κ2) is 7.28. The third-order valence-electron chi connectivity index (χ3n) is 2.14. The lowest BCUT2D eigenvalue weighted by atomic mass is 10.2. The topological polar surface area (TPSA) is 96.5 Å². The molecule has 0 atom stereocenters. The van der Waals surface area contributed by atoms with Gasteiger partial charge in [-0.15, -0.1) is 0 Å². The van der Waals surface area contributed by atoms with Crippen LogP contribution in [0.2, 0.25) is 0 Å². The van der Waals surface area contributed by atoms with Gasteiger partial charge in [0.1, 0.15) is 12.1 Å². The Labute approximate surface area is 123 Å². The molecule has 0 aliphatic rings. The Morgan fingerprint density at radius 1 is 1.05 bits per heavy atom. The van der Waals surface area contributed by atoms with E-state index in [1.165, 1.54) is 0 Å². The summed E-state index contributed by atoms with van der Waals surface area (Å²) >= 11 is 0.